The van der Waals surface area contributed by atoms with Crippen molar-refractivity contribution in [1.82, 2.24) is 8.75 Å². The first-order valence-corrected chi connectivity index (χ1v) is 8.11. The van der Waals surface area contributed by atoms with Gasteiger partial charge in [0.05, 0.1) is 4.37 Å². The Morgan fingerprint density at radius 1 is 0.850 bits per heavy atom. The molecule has 0 aliphatic carbocycles. The van der Waals surface area contributed by atoms with Crippen LogP contribution in [0.3, 0.4) is 0 Å². The van der Waals surface area contributed by atoms with E-state index in [4.69, 9.17) is 0 Å². The van der Waals surface area contributed by atoms with Gasteiger partial charge in [-0.15, -0.1) is 4.37 Å². The summed E-state index contributed by atoms with van der Waals surface area (Å²) in [6.07, 6.45) is 0. The van der Waals surface area contributed by atoms with Gasteiger partial charge in [-0.1, -0.05) is 18.2 Å². The first-order chi connectivity index (χ1) is 9.79. The van der Waals surface area contributed by atoms with Crippen LogP contribution in [0, 0.1) is 5.82 Å². The average molecular weight is 299 g/mol. The highest BCUT2D eigenvalue weighted by Crippen LogP contribution is 2.27. The van der Waals surface area contributed by atoms with Crippen molar-refractivity contribution in [3.05, 3.63) is 54.3 Å². The lowest BCUT2D eigenvalue weighted by Gasteiger charge is -2.03. The van der Waals surface area contributed by atoms with Gasteiger partial charge in [0, 0.05) is 5.56 Å². The molecule has 20 heavy (non-hydrogen) atoms. The summed E-state index contributed by atoms with van der Waals surface area (Å²) in [5.41, 5.74) is 1.01. The van der Waals surface area contributed by atoms with Crippen molar-refractivity contribution < 1.29 is 4.39 Å². The maximum Gasteiger partial charge on any atom is 0.462 e. The van der Waals surface area contributed by atoms with Crippen molar-refractivity contribution in [3.63, 3.8) is 0 Å². The fourth-order valence-electron chi connectivity index (χ4n) is 2.33. The Balaban J connectivity index is 1.98. The van der Waals surface area contributed by atoms with Crippen LogP contribution in [-0.2, 0) is 0 Å². The minimum atomic E-state index is -0.207. The topological polar surface area (TPSA) is 25.8 Å². The van der Waals surface area contributed by atoms with E-state index in [9.17, 15) is 4.39 Å². The van der Waals surface area contributed by atoms with Crippen molar-refractivity contribution in [3.8, 4) is 11.4 Å². The standard InChI is InChI=1S/C15H8FN2S2/c16-14-4-3-10-5-12-7-11(15-17-19-20-18-15)2-1-9(12)6-13(10)8-14/h1-8H/q+1. The molecule has 0 radical (unpaired) electrons. The average Bonchev–Trinajstić information content (AvgIpc) is 2.98. The number of hydrogen-bond acceptors (Lipinski definition) is 3. The fraction of sp³-hybridized carbons (Fsp3) is 0. The first-order valence-electron chi connectivity index (χ1n) is 6.05. The molecule has 0 atom stereocenters. The fourth-order valence-corrected chi connectivity index (χ4v) is 3.51. The zero-order valence-electron chi connectivity index (χ0n) is 10.2. The van der Waals surface area contributed by atoms with E-state index in [1.807, 2.05) is 18.2 Å². The van der Waals surface area contributed by atoms with Crippen molar-refractivity contribution in [2.45, 2.75) is 0 Å². The van der Waals surface area contributed by atoms with Crippen LogP contribution in [0.2, 0.25) is 0 Å². The second-order valence-corrected chi connectivity index (χ2v) is 6.12. The van der Waals surface area contributed by atoms with Crippen LogP contribution >= 0.6 is 21.1 Å². The Morgan fingerprint density at radius 3 is 2.35 bits per heavy atom. The van der Waals surface area contributed by atoms with E-state index in [0.29, 0.717) is 0 Å². The highest BCUT2D eigenvalue weighted by Gasteiger charge is 2.10. The van der Waals surface area contributed by atoms with Crippen molar-refractivity contribution in [2.75, 3.05) is 0 Å². The van der Waals surface area contributed by atoms with E-state index < -0.39 is 0 Å². The molecule has 0 saturated carbocycles. The third-order valence-electron chi connectivity index (χ3n) is 3.30. The molecule has 96 valence electrons. The smallest absolute Gasteiger partial charge is 0.207 e. The van der Waals surface area contributed by atoms with E-state index >= 15 is 0 Å². The summed E-state index contributed by atoms with van der Waals surface area (Å²) < 4.78 is 21.8. The van der Waals surface area contributed by atoms with Crippen LogP contribution in [0.4, 0.5) is 4.39 Å². The van der Waals surface area contributed by atoms with Gasteiger partial charge in [0.1, 0.15) is 5.82 Å². The number of fused-ring (bicyclic) bond motifs is 2. The number of nitrogens with zero attached hydrogens (tertiary/aromatic N) is 2. The van der Waals surface area contributed by atoms with Crippen LogP contribution in [0.5, 0.6) is 0 Å². The molecular formula is C15H8FN2S2+. The first kappa shape index (κ1) is 11.8. The molecule has 0 aliphatic heterocycles. The van der Waals surface area contributed by atoms with Gasteiger partial charge in [-0.2, -0.15) is 0 Å². The van der Waals surface area contributed by atoms with Gasteiger partial charge in [0.2, 0.25) is 5.82 Å². The molecule has 1 heterocycles. The van der Waals surface area contributed by atoms with E-state index in [1.54, 1.807) is 12.1 Å². The van der Waals surface area contributed by atoms with Gasteiger partial charge in [0.15, 0.2) is 0 Å². The molecule has 2 nitrogen and oxygen atoms in total. The predicted octanol–water partition coefficient (Wildman–Crippen LogP) is 4.99. The van der Waals surface area contributed by atoms with Gasteiger partial charge in [-0.3, -0.25) is 0 Å². The van der Waals surface area contributed by atoms with Gasteiger partial charge < -0.3 is 0 Å². The van der Waals surface area contributed by atoms with Crippen LogP contribution in [-0.4, -0.2) is 8.75 Å². The van der Waals surface area contributed by atoms with Gasteiger partial charge in [-0.25, -0.2) is 4.39 Å². The monoisotopic (exact) mass is 299 g/mol. The van der Waals surface area contributed by atoms with Crippen LogP contribution in [0.1, 0.15) is 0 Å². The molecule has 1 aromatic heterocycles. The number of halogens is 1. The van der Waals surface area contributed by atoms with Crippen molar-refractivity contribution >= 4 is 42.6 Å². The van der Waals surface area contributed by atoms with E-state index in [1.165, 1.54) is 27.1 Å². The second-order valence-electron chi connectivity index (χ2n) is 4.56. The number of rotatable bonds is 1. The Kier molecular flexibility index (Phi) is 2.68. The van der Waals surface area contributed by atoms with Crippen LogP contribution < -0.4 is 0 Å². The van der Waals surface area contributed by atoms with Crippen molar-refractivity contribution in [1.29, 1.82) is 0 Å². The lowest BCUT2D eigenvalue weighted by molar-refractivity contribution is 0.630. The third kappa shape index (κ3) is 1.95. The zero-order valence-corrected chi connectivity index (χ0v) is 11.8. The molecule has 5 heteroatoms. The zero-order chi connectivity index (χ0) is 13.5. The summed E-state index contributed by atoms with van der Waals surface area (Å²) in [5, 5.41) is 4.15. The minimum absolute atomic E-state index is 0.207. The normalized spacial score (nSPS) is 11.2. The molecule has 0 N–H and O–H groups in total. The second kappa shape index (κ2) is 4.54. The molecule has 4 aromatic rings. The Hall–Kier alpha value is -1.98. The van der Waals surface area contributed by atoms with Crippen molar-refractivity contribution in [2.24, 2.45) is 0 Å². The van der Waals surface area contributed by atoms with E-state index in [-0.39, 0.29) is 5.82 Å². The predicted molar refractivity (Wildman–Crippen MR) is 82.6 cm³/mol. The quantitative estimate of drug-likeness (QED) is 0.281. The SMILES string of the molecule is Fc1ccc2cc3cc(-c4ns[s+]n4)ccc3cc2c1. The Labute approximate surface area is 121 Å². The maximum absolute atomic E-state index is 13.3. The summed E-state index contributed by atoms with van der Waals surface area (Å²) in [5.74, 6) is 0.558. The highest BCUT2D eigenvalue weighted by atomic mass is 32.9. The van der Waals surface area contributed by atoms with E-state index in [0.717, 1.165) is 32.9 Å². The molecule has 4 rings (SSSR count). The lowest BCUT2D eigenvalue weighted by Crippen LogP contribution is -1.82. The maximum atomic E-state index is 13.3. The molecular weight excluding hydrogens is 291 g/mol. The lowest BCUT2D eigenvalue weighted by atomic mass is 10.0. The molecule has 0 amide bonds. The number of benzene rings is 3. The summed E-state index contributed by atoms with van der Waals surface area (Å²) in [6, 6.07) is 15.0. The van der Waals surface area contributed by atoms with Gasteiger partial charge in [-0.05, 0) is 51.9 Å². The van der Waals surface area contributed by atoms with E-state index in [2.05, 4.69) is 20.9 Å². The molecule has 0 bridgehead atoms. The summed E-state index contributed by atoms with van der Waals surface area (Å²) in [6.45, 7) is 0. The third-order valence-corrected chi connectivity index (χ3v) is 4.51. The summed E-state index contributed by atoms with van der Waals surface area (Å²) in [7, 11) is 2.77. The largest absolute Gasteiger partial charge is 0.462 e. The van der Waals surface area contributed by atoms with Crippen LogP contribution in [0.15, 0.2) is 48.5 Å². The molecule has 0 saturated heterocycles. The molecule has 3 aromatic carbocycles. The molecule has 0 spiro atoms. The van der Waals surface area contributed by atoms with Gasteiger partial charge in [0.25, 0.3) is 0 Å². The number of aromatic nitrogens is 2. The Bertz CT molecular complexity index is 920. The molecule has 0 unspecified atom stereocenters. The Morgan fingerprint density at radius 2 is 1.60 bits per heavy atom. The number of hydrogen-bond donors (Lipinski definition) is 0. The molecule has 0 fully saturated rings. The molecule has 0 aliphatic rings. The van der Waals surface area contributed by atoms with Gasteiger partial charge >= 0.3 is 21.1 Å². The highest BCUT2D eigenvalue weighted by molar-refractivity contribution is 7.64. The van der Waals surface area contributed by atoms with Crippen LogP contribution in [0.25, 0.3) is 32.9 Å². The summed E-state index contributed by atoms with van der Waals surface area (Å²) >= 11 is 0. The minimum Gasteiger partial charge on any atom is -0.207 e. The summed E-state index contributed by atoms with van der Waals surface area (Å²) in [4.78, 5) is 0.